The fourth-order valence-electron chi connectivity index (χ4n) is 4.17. The Labute approximate surface area is 210 Å². The molecule has 2 heterocycles. The molecule has 1 aromatic carbocycles. The van der Waals surface area contributed by atoms with Crippen LogP contribution in [0.25, 0.3) is 10.8 Å². The number of hydrogen-bond donors (Lipinski definition) is 1. The molecule has 0 saturated heterocycles. The van der Waals surface area contributed by atoms with Gasteiger partial charge in [0.1, 0.15) is 17.8 Å². The monoisotopic (exact) mass is 523 g/mol. The third-order valence-electron chi connectivity index (χ3n) is 6.67. The zero-order chi connectivity index (χ0) is 27.3. The third kappa shape index (κ3) is 5.07. The second-order valence-electron chi connectivity index (χ2n) is 9.92. The number of anilines is 1. The summed E-state index contributed by atoms with van der Waals surface area (Å²) in [5, 5.41) is 7.47. The van der Waals surface area contributed by atoms with E-state index < -0.39 is 40.3 Å². The van der Waals surface area contributed by atoms with Crippen LogP contribution in [0.3, 0.4) is 0 Å². The predicted octanol–water partition coefficient (Wildman–Crippen LogP) is 3.88. The van der Waals surface area contributed by atoms with Gasteiger partial charge in [-0.2, -0.15) is 18.3 Å². The van der Waals surface area contributed by atoms with Crippen LogP contribution in [0.15, 0.2) is 34.0 Å². The minimum absolute atomic E-state index is 0.000898. The summed E-state index contributed by atoms with van der Waals surface area (Å²) in [5.41, 5.74) is -3.06. The van der Waals surface area contributed by atoms with Crippen LogP contribution in [0.4, 0.5) is 23.4 Å². The standard InChI is InChI=1S/C25H29F4N5O3/c1-14(15-7-6-8-17(19(15)26)25(27,28)29)30-21-16-13-34(24(2)9-10-24)23(36)20(37-12-11-32(3)4)18(16)22(35)33(5)31-21/h6-8,13-14H,9-12H2,1-5H3,(H,30,31)/t14-/m1/s1. The van der Waals surface area contributed by atoms with Gasteiger partial charge in [0.05, 0.1) is 17.0 Å². The van der Waals surface area contributed by atoms with E-state index in [2.05, 4.69) is 10.4 Å². The summed E-state index contributed by atoms with van der Waals surface area (Å²) in [6, 6.07) is 2.11. The first kappa shape index (κ1) is 26.6. The van der Waals surface area contributed by atoms with E-state index in [-0.39, 0.29) is 34.5 Å². The number of halogens is 4. The topological polar surface area (TPSA) is 81.4 Å². The number of pyridine rings is 1. The molecule has 200 valence electrons. The second kappa shape index (κ2) is 9.47. The Balaban J connectivity index is 1.87. The molecule has 0 amide bonds. The summed E-state index contributed by atoms with van der Waals surface area (Å²) in [7, 11) is 5.07. The molecule has 1 aliphatic rings. The smallest absolute Gasteiger partial charge is 0.419 e. The van der Waals surface area contributed by atoms with E-state index in [0.29, 0.717) is 12.6 Å². The molecule has 2 aromatic heterocycles. The van der Waals surface area contributed by atoms with E-state index in [0.717, 1.165) is 23.6 Å². The Morgan fingerprint density at radius 3 is 2.49 bits per heavy atom. The maximum absolute atomic E-state index is 14.8. The van der Waals surface area contributed by atoms with Gasteiger partial charge in [0.15, 0.2) is 11.6 Å². The van der Waals surface area contributed by atoms with Gasteiger partial charge < -0.3 is 19.5 Å². The van der Waals surface area contributed by atoms with Crippen molar-refractivity contribution < 1.29 is 22.3 Å². The van der Waals surface area contributed by atoms with E-state index in [9.17, 15) is 27.2 Å². The van der Waals surface area contributed by atoms with Crippen molar-refractivity contribution in [3.63, 3.8) is 0 Å². The number of alkyl halides is 3. The molecule has 1 atom stereocenters. The van der Waals surface area contributed by atoms with Crippen LogP contribution >= 0.6 is 0 Å². The maximum Gasteiger partial charge on any atom is 0.419 e. The number of hydrogen-bond acceptors (Lipinski definition) is 6. The van der Waals surface area contributed by atoms with E-state index in [1.807, 2.05) is 25.9 Å². The number of nitrogens with one attached hydrogen (secondary N) is 1. The number of aromatic nitrogens is 3. The molecule has 0 spiro atoms. The van der Waals surface area contributed by atoms with Crippen molar-refractivity contribution in [1.29, 1.82) is 0 Å². The number of rotatable bonds is 8. The number of ether oxygens (including phenoxy) is 1. The third-order valence-corrected chi connectivity index (χ3v) is 6.67. The molecular weight excluding hydrogens is 494 g/mol. The van der Waals surface area contributed by atoms with Crippen LogP contribution in [0, 0.1) is 5.82 Å². The van der Waals surface area contributed by atoms with Gasteiger partial charge in [0.25, 0.3) is 11.1 Å². The van der Waals surface area contributed by atoms with E-state index in [1.54, 1.807) is 0 Å². The van der Waals surface area contributed by atoms with Crippen LogP contribution in [0.2, 0.25) is 0 Å². The minimum atomic E-state index is -4.85. The molecule has 1 aliphatic carbocycles. The van der Waals surface area contributed by atoms with Crippen LogP contribution in [0.5, 0.6) is 5.75 Å². The lowest BCUT2D eigenvalue weighted by atomic mass is 10.0. The van der Waals surface area contributed by atoms with E-state index in [1.165, 1.54) is 30.8 Å². The Hall–Kier alpha value is -3.41. The Morgan fingerprint density at radius 1 is 1.22 bits per heavy atom. The van der Waals surface area contributed by atoms with Gasteiger partial charge in [0.2, 0.25) is 0 Å². The SMILES string of the molecule is C[C@@H](Nc1nn(C)c(=O)c2c(OCCN(C)C)c(=O)n(C3(C)CC3)cc12)c1cccc(C(F)(F)F)c1F. The molecule has 0 radical (unpaired) electrons. The molecule has 0 aliphatic heterocycles. The summed E-state index contributed by atoms with van der Waals surface area (Å²) in [6.45, 7) is 4.05. The molecule has 3 aromatic rings. The molecule has 0 bridgehead atoms. The number of fused-ring (bicyclic) bond motifs is 1. The summed E-state index contributed by atoms with van der Waals surface area (Å²) < 4.78 is 63.0. The molecule has 1 fully saturated rings. The van der Waals surface area contributed by atoms with Crippen LogP contribution in [-0.2, 0) is 18.8 Å². The molecule has 37 heavy (non-hydrogen) atoms. The highest BCUT2D eigenvalue weighted by molar-refractivity contribution is 5.94. The Morgan fingerprint density at radius 2 is 1.89 bits per heavy atom. The highest BCUT2D eigenvalue weighted by Crippen LogP contribution is 2.43. The summed E-state index contributed by atoms with van der Waals surface area (Å²) in [5.74, 6) is -1.40. The number of nitrogens with zero attached hydrogens (tertiary/aromatic N) is 4. The van der Waals surface area contributed by atoms with Gasteiger partial charge in [-0.05, 0) is 46.9 Å². The molecule has 12 heteroatoms. The fourth-order valence-corrected chi connectivity index (χ4v) is 4.17. The van der Waals surface area contributed by atoms with Crippen molar-refractivity contribution in [3.8, 4) is 5.75 Å². The molecule has 4 rings (SSSR count). The van der Waals surface area contributed by atoms with Crippen molar-refractivity contribution in [2.24, 2.45) is 7.05 Å². The second-order valence-corrected chi connectivity index (χ2v) is 9.92. The highest BCUT2D eigenvalue weighted by Gasteiger charge is 2.41. The molecule has 1 N–H and O–H groups in total. The predicted molar refractivity (Wildman–Crippen MR) is 132 cm³/mol. The summed E-state index contributed by atoms with van der Waals surface area (Å²) in [4.78, 5) is 28.4. The van der Waals surface area contributed by atoms with Crippen LogP contribution in [0.1, 0.15) is 43.9 Å². The quantitative estimate of drug-likeness (QED) is 0.452. The molecule has 8 nitrogen and oxygen atoms in total. The first-order valence-electron chi connectivity index (χ1n) is 11.8. The first-order chi connectivity index (χ1) is 17.2. The number of likely N-dealkylation sites (N-methyl/N-ethyl adjacent to an activating group) is 1. The van der Waals surface area contributed by atoms with Gasteiger partial charge in [-0.1, -0.05) is 12.1 Å². The highest BCUT2D eigenvalue weighted by atomic mass is 19.4. The van der Waals surface area contributed by atoms with E-state index in [4.69, 9.17) is 4.74 Å². The van der Waals surface area contributed by atoms with Crippen molar-refractivity contribution in [3.05, 3.63) is 62.0 Å². The van der Waals surface area contributed by atoms with Gasteiger partial charge in [-0.3, -0.25) is 9.59 Å². The van der Waals surface area contributed by atoms with Crippen molar-refractivity contribution >= 4 is 16.6 Å². The normalized spacial score (nSPS) is 15.7. The lowest BCUT2D eigenvalue weighted by molar-refractivity contribution is -0.140. The number of benzene rings is 1. The van der Waals surface area contributed by atoms with Crippen LogP contribution < -0.4 is 21.2 Å². The Bertz CT molecular complexity index is 1460. The summed E-state index contributed by atoms with van der Waals surface area (Å²) in [6.07, 6.45) is -1.82. The van der Waals surface area contributed by atoms with Gasteiger partial charge in [-0.15, -0.1) is 0 Å². The Kier molecular flexibility index (Phi) is 6.82. The fraction of sp³-hybridized carbons (Fsp3) is 0.480. The lowest BCUT2D eigenvalue weighted by Crippen LogP contribution is -2.33. The van der Waals surface area contributed by atoms with Gasteiger partial charge >= 0.3 is 6.18 Å². The summed E-state index contributed by atoms with van der Waals surface area (Å²) >= 11 is 0. The zero-order valence-corrected chi connectivity index (χ0v) is 21.2. The van der Waals surface area contributed by atoms with Crippen molar-refractivity contribution in [2.75, 3.05) is 32.6 Å². The maximum atomic E-state index is 14.8. The molecule has 0 unspecified atom stereocenters. The van der Waals surface area contributed by atoms with Gasteiger partial charge in [0, 0.05) is 30.9 Å². The number of aryl methyl sites for hydroxylation is 1. The lowest BCUT2D eigenvalue weighted by Gasteiger charge is -2.22. The minimum Gasteiger partial charge on any atom is -0.486 e. The van der Waals surface area contributed by atoms with Crippen molar-refractivity contribution in [1.82, 2.24) is 19.2 Å². The average Bonchev–Trinajstić information content (AvgIpc) is 3.55. The molecule has 1 saturated carbocycles. The van der Waals surface area contributed by atoms with Crippen molar-refractivity contribution in [2.45, 2.75) is 44.4 Å². The largest absolute Gasteiger partial charge is 0.486 e. The van der Waals surface area contributed by atoms with Crippen LogP contribution in [-0.4, -0.2) is 46.5 Å². The first-order valence-corrected chi connectivity index (χ1v) is 11.8. The van der Waals surface area contributed by atoms with E-state index >= 15 is 0 Å². The average molecular weight is 524 g/mol. The van der Waals surface area contributed by atoms with Gasteiger partial charge in [-0.25, -0.2) is 9.07 Å². The molecular formula is C25H29F4N5O3. The zero-order valence-electron chi connectivity index (χ0n) is 21.2.